The molecule has 15 heavy (non-hydrogen) atoms. The second kappa shape index (κ2) is 24.0. The molecule has 1 heteroatoms. The third-order valence-electron chi connectivity index (χ3n) is 2.13. The summed E-state index contributed by atoms with van der Waals surface area (Å²) < 4.78 is 0. The van der Waals surface area contributed by atoms with Crippen LogP contribution in [0.1, 0.15) is 65.2 Å². The Morgan fingerprint density at radius 1 is 0.600 bits per heavy atom. The fourth-order valence-corrected chi connectivity index (χ4v) is 1.44. The van der Waals surface area contributed by atoms with Crippen molar-refractivity contribution in [2.45, 2.75) is 65.2 Å². The zero-order valence-electron chi connectivity index (χ0n) is 10.9. The Kier molecular flexibility index (Phi) is 33.6. The van der Waals surface area contributed by atoms with Crippen molar-refractivity contribution in [1.29, 1.82) is 0 Å². The third kappa shape index (κ3) is 20.6. The van der Waals surface area contributed by atoms with Crippen molar-refractivity contribution in [3.63, 3.8) is 0 Å². The van der Waals surface area contributed by atoms with Gasteiger partial charge < -0.3 is 26.7 Å². The smallest absolute Gasteiger partial charge is 0 e. The molecule has 0 atom stereocenters. The molecule has 0 radical (unpaired) electrons. The fraction of sp³-hybridized carbons (Fsp3) is 0.714. The Labute approximate surface area is 111 Å². The largest absolute Gasteiger partial charge is 0.346 e. The van der Waals surface area contributed by atoms with E-state index in [1.165, 1.54) is 51.4 Å². The van der Waals surface area contributed by atoms with Gasteiger partial charge in [0.2, 0.25) is 0 Å². The van der Waals surface area contributed by atoms with Crippen molar-refractivity contribution in [3.05, 3.63) is 26.7 Å². The Hall–Kier alpha value is 0.623. The molecule has 0 saturated heterocycles. The van der Waals surface area contributed by atoms with Crippen molar-refractivity contribution in [2.24, 2.45) is 0 Å². The predicted octanol–water partition coefficient (Wildman–Crippen LogP) is 5.21. The fourth-order valence-electron chi connectivity index (χ4n) is 1.44. The van der Waals surface area contributed by atoms with E-state index in [9.17, 15) is 0 Å². The Morgan fingerprint density at radius 3 is 0.867 bits per heavy atom. The first kappa shape index (κ1) is 21.0. The summed E-state index contributed by atoms with van der Waals surface area (Å²) in [5.41, 5.74) is 0. The van der Waals surface area contributed by atoms with Crippen molar-refractivity contribution in [2.75, 3.05) is 0 Å². The van der Waals surface area contributed by atoms with Gasteiger partial charge in [0.05, 0.1) is 0 Å². The van der Waals surface area contributed by atoms with Crippen LogP contribution in [0.4, 0.5) is 0 Å². The van der Waals surface area contributed by atoms with Crippen LogP contribution >= 0.6 is 0 Å². The Bertz CT molecular complexity index is 38.5. The molecule has 0 aromatic heterocycles. The Morgan fingerprint density at radius 2 is 0.800 bits per heavy atom. The van der Waals surface area contributed by atoms with Gasteiger partial charge in [-0.1, -0.05) is 25.7 Å². The zero-order chi connectivity index (χ0) is 11.1. The maximum absolute atomic E-state index is 3.25. The van der Waals surface area contributed by atoms with Crippen LogP contribution in [0, 0.1) is 26.7 Å². The van der Waals surface area contributed by atoms with E-state index in [1.54, 1.807) is 13.8 Å². The molecule has 2 aliphatic carbocycles. The van der Waals surface area contributed by atoms with Crippen molar-refractivity contribution < 1.29 is 19.5 Å². The van der Waals surface area contributed by atoms with Gasteiger partial charge >= 0.3 is 0 Å². The summed E-state index contributed by atoms with van der Waals surface area (Å²) in [6.45, 7) is 10.0. The van der Waals surface area contributed by atoms with Crippen molar-refractivity contribution >= 4 is 0 Å². The standard InChI is InChI=1S/2C5H9.2C2H5.Zn/c2*1-2-4-5-3-1;2*1-2;/h2*1H,2-5H2;2*1H2,2H3;/q4*-1;. The van der Waals surface area contributed by atoms with E-state index in [0.717, 1.165) is 0 Å². The molecule has 0 bridgehead atoms. The van der Waals surface area contributed by atoms with Crippen LogP contribution < -0.4 is 0 Å². The molecule has 0 aliphatic heterocycles. The summed E-state index contributed by atoms with van der Waals surface area (Å²) >= 11 is 0. The van der Waals surface area contributed by atoms with Crippen LogP contribution in [0.2, 0.25) is 0 Å². The summed E-state index contributed by atoms with van der Waals surface area (Å²) in [5.74, 6) is 0. The van der Waals surface area contributed by atoms with Gasteiger partial charge in [0.15, 0.2) is 0 Å². The molecule has 0 unspecified atom stereocenters. The summed E-state index contributed by atoms with van der Waals surface area (Å²) in [6.07, 6.45) is 16.0. The maximum Gasteiger partial charge on any atom is 0 e. The average Bonchev–Trinajstić information content (AvgIpc) is 3.01. The van der Waals surface area contributed by atoms with Crippen molar-refractivity contribution in [3.8, 4) is 0 Å². The first-order chi connectivity index (χ1) is 7.00. The van der Waals surface area contributed by atoms with Gasteiger partial charge in [-0.25, -0.2) is 0 Å². The molecule has 2 rings (SSSR count). The van der Waals surface area contributed by atoms with Gasteiger partial charge in [0.25, 0.3) is 0 Å². The van der Waals surface area contributed by atoms with Gasteiger partial charge in [-0.15, -0.1) is 0 Å². The molecular weight excluding hydrogens is 234 g/mol. The molecule has 2 aliphatic rings. The minimum atomic E-state index is 0. The van der Waals surface area contributed by atoms with Gasteiger partial charge in [-0.2, -0.15) is 39.5 Å². The summed E-state index contributed by atoms with van der Waals surface area (Å²) in [7, 11) is 0. The monoisotopic (exact) mass is 260 g/mol. The summed E-state index contributed by atoms with van der Waals surface area (Å²) in [4.78, 5) is 0. The summed E-state index contributed by atoms with van der Waals surface area (Å²) in [5, 5.41) is 0. The minimum Gasteiger partial charge on any atom is -0.346 e. The van der Waals surface area contributed by atoms with Crippen LogP contribution in [-0.2, 0) is 19.5 Å². The van der Waals surface area contributed by atoms with E-state index in [0.29, 0.717) is 0 Å². The van der Waals surface area contributed by atoms with E-state index in [-0.39, 0.29) is 19.5 Å². The zero-order valence-corrected chi connectivity index (χ0v) is 13.9. The molecule has 0 N–H and O–H groups in total. The van der Waals surface area contributed by atoms with Crippen LogP contribution in [-0.4, -0.2) is 0 Å². The van der Waals surface area contributed by atoms with Gasteiger partial charge in [-0.3, -0.25) is 0 Å². The summed E-state index contributed by atoms with van der Waals surface area (Å²) in [6, 6.07) is 0. The molecule has 0 heterocycles. The molecule has 2 saturated carbocycles. The molecule has 0 spiro atoms. The van der Waals surface area contributed by atoms with E-state index in [2.05, 4.69) is 26.7 Å². The Balaban J connectivity index is -0.000000138. The maximum atomic E-state index is 3.25. The minimum absolute atomic E-state index is 0. The van der Waals surface area contributed by atoms with E-state index in [4.69, 9.17) is 0 Å². The molecule has 90 valence electrons. The van der Waals surface area contributed by atoms with Gasteiger partial charge in [-0.05, 0) is 0 Å². The van der Waals surface area contributed by atoms with E-state index < -0.39 is 0 Å². The van der Waals surface area contributed by atoms with Crippen LogP contribution in [0.15, 0.2) is 0 Å². The predicted molar refractivity (Wildman–Crippen MR) is 67.6 cm³/mol. The second-order valence-electron chi connectivity index (χ2n) is 3.15. The number of rotatable bonds is 0. The molecule has 0 amide bonds. The van der Waals surface area contributed by atoms with E-state index >= 15 is 0 Å². The van der Waals surface area contributed by atoms with Crippen LogP contribution in [0.5, 0.6) is 0 Å². The van der Waals surface area contributed by atoms with E-state index in [1.807, 2.05) is 0 Å². The molecule has 0 nitrogen and oxygen atoms in total. The molecule has 0 aromatic carbocycles. The second-order valence-corrected chi connectivity index (χ2v) is 3.15. The molecular formula is C14H28Zn-4. The molecule has 2 fully saturated rings. The SMILES string of the molecule is [CH-]1CCCC1.[CH-]1CCCC1.[CH2-]C.[CH2-]C.[Zn]. The number of hydrogen-bond acceptors (Lipinski definition) is 0. The topological polar surface area (TPSA) is 0 Å². The average molecular weight is 262 g/mol. The van der Waals surface area contributed by atoms with Crippen LogP contribution in [0.25, 0.3) is 0 Å². The first-order valence-corrected chi connectivity index (χ1v) is 6.05. The van der Waals surface area contributed by atoms with Crippen LogP contribution in [0.3, 0.4) is 0 Å². The quantitative estimate of drug-likeness (QED) is 0.415. The van der Waals surface area contributed by atoms with Crippen molar-refractivity contribution in [1.82, 2.24) is 0 Å². The normalized spacial score (nSPS) is 16.8. The number of hydrogen-bond donors (Lipinski definition) is 0. The third-order valence-corrected chi connectivity index (χ3v) is 2.13. The molecule has 0 aromatic rings. The van der Waals surface area contributed by atoms with Gasteiger partial charge in [0, 0.05) is 19.5 Å². The first-order valence-electron chi connectivity index (χ1n) is 6.05. The van der Waals surface area contributed by atoms with Gasteiger partial charge in [0.1, 0.15) is 0 Å².